The van der Waals surface area contributed by atoms with Gasteiger partial charge >= 0.3 is 0 Å². The summed E-state index contributed by atoms with van der Waals surface area (Å²) in [5.74, 6) is 0.668. The maximum absolute atomic E-state index is 11.3. The van der Waals surface area contributed by atoms with Crippen LogP contribution in [0.5, 0.6) is 0 Å². The largest absolute Gasteiger partial charge is 0.304 e. The molecule has 0 aromatic carbocycles. The lowest BCUT2D eigenvalue weighted by molar-refractivity contribution is 0.0880. The number of rotatable bonds is 2. The van der Waals surface area contributed by atoms with Crippen molar-refractivity contribution in [2.75, 3.05) is 64.5 Å². The second-order valence-electron chi connectivity index (χ2n) is 4.83. The van der Waals surface area contributed by atoms with E-state index in [9.17, 15) is 8.42 Å². The van der Waals surface area contributed by atoms with Crippen LogP contribution >= 0.6 is 0 Å². The van der Waals surface area contributed by atoms with E-state index in [1.54, 1.807) is 0 Å². The Morgan fingerprint density at radius 1 is 0.875 bits per heavy atom. The summed E-state index contributed by atoms with van der Waals surface area (Å²) in [6.07, 6.45) is 0. The van der Waals surface area contributed by atoms with Crippen molar-refractivity contribution in [3.63, 3.8) is 0 Å². The number of hydrogen-bond acceptors (Lipinski definition) is 5. The minimum absolute atomic E-state index is 0.334. The van der Waals surface area contributed by atoms with Crippen molar-refractivity contribution in [1.82, 2.24) is 14.7 Å². The zero-order valence-corrected chi connectivity index (χ0v) is 10.7. The Hall–Kier alpha value is -0.170. The van der Waals surface area contributed by atoms with E-state index >= 15 is 0 Å². The highest BCUT2D eigenvalue weighted by atomic mass is 32.2. The van der Waals surface area contributed by atoms with Gasteiger partial charge in [0.2, 0.25) is 0 Å². The Labute approximate surface area is 97.9 Å². The van der Waals surface area contributed by atoms with Gasteiger partial charge in [-0.15, -0.1) is 0 Å². The summed E-state index contributed by atoms with van der Waals surface area (Å²) < 4.78 is 22.6. The van der Waals surface area contributed by atoms with Gasteiger partial charge in [0.05, 0.1) is 18.2 Å². The summed E-state index contributed by atoms with van der Waals surface area (Å²) in [6.45, 7) is 6.77. The first-order valence-corrected chi connectivity index (χ1v) is 7.71. The Morgan fingerprint density at radius 2 is 1.38 bits per heavy atom. The first-order valence-electron chi connectivity index (χ1n) is 5.89. The molecule has 94 valence electrons. The van der Waals surface area contributed by atoms with E-state index in [1.807, 2.05) is 0 Å². The van der Waals surface area contributed by atoms with E-state index in [0.29, 0.717) is 24.6 Å². The van der Waals surface area contributed by atoms with Gasteiger partial charge in [-0.05, 0) is 7.05 Å². The molecule has 0 aromatic heterocycles. The van der Waals surface area contributed by atoms with Gasteiger partial charge in [-0.3, -0.25) is 9.80 Å². The number of nitrogens with zero attached hydrogens (tertiary/aromatic N) is 3. The van der Waals surface area contributed by atoms with Crippen LogP contribution in [0.15, 0.2) is 0 Å². The monoisotopic (exact) mass is 247 g/mol. The van der Waals surface area contributed by atoms with Crippen LogP contribution in [0.4, 0.5) is 0 Å². The van der Waals surface area contributed by atoms with Crippen molar-refractivity contribution >= 4 is 9.84 Å². The quantitative estimate of drug-likeness (QED) is 0.621. The van der Waals surface area contributed by atoms with E-state index < -0.39 is 9.84 Å². The molecule has 0 atom stereocenters. The molecule has 0 N–H and O–H groups in total. The van der Waals surface area contributed by atoms with Gasteiger partial charge in [0, 0.05) is 39.3 Å². The first-order chi connectivity index (χ1) is 7.55. The molecule has 2 aliphatic rings. The summed E-state index contributed by atoms with van der Waals surface area (Å²) in [7, 11) is -0.590. The zero-order chi connectivity index (χ0) is 11.6. The van der Waals surface area contributed by atoms with Crippen molar-refractivity contribution < 1.29 is 8.42 Å². The summed E-state index contributed by atoms with van der Waals surface area (Å²) >= 11 is 0. The maximum atomic E-state index is 11.3. The van der Waals surface area contributed by atoms with Crippen LogP contribution in [0, 0.1) is 0 Å². The van der Waals surface area contributed by atoms with Gasteiger partial charge in [-0.1, -0.05) is 0 Å². The van der Waals surface area contributed by atoms with Gasteiger partial charge in [0.1, 0.15) is 0 Å². The zero-order valence-electron chi connectivity index (χ0n) is 9.93. The van der Waals surface area contributed by atoms with Gasteiger partial charge < -0.3 is 4.90 Å². The number of likely N-dealkylation sites (N-methyl/N-ethyl adjacent to an activating group) is 1. The van der Waals surface area contributed by atoms with E-state index in [-0.39, 0.29) is 0 Å². The average Bonchev–Trinajstić information content (AvgIpc) is 2.24. The van der Waals surface area contributed by atoms with Crippen molar-refractivity contribution in [1.29, 1.82) is 0 Å². The molecule has 0 spiro atoms. The van der Waals surface area contributed by atoms with Crippen LogP contribution in [0.3, 0.4) is 0 Å². The van der Waals surface area contributed by atoms with Crippen LogP contribution in [-0.4, -0.2) is 87.6 Å². The molecule has 2 aliphatic heterocycles. The SMILES string of the molecule is CN1CCN(CN2CCS(=O)(=O)CC2)CC1. The lowest BCUT2D eigenvalue weighted by Gasteiger charge is -2.37. The minimum atomic E-state index is -2.73. The van der Waals surface area contributed by atoms with Crippen LogP contribution in [0.25, 0.3) is 0 Å². The predicted octanol–water partition coefficient (Wildman–Crippen LogP) is -1.08. The molecule has 2 heterocycles. The number of piperazine rings is 1. The fourth-order valence-electron chi connectivity index (χ4n) is 2.16. The lowest BCUT2D eigenvalue weighted by Crippen LogP contribution is -2.51. The van der Waals surface area contributed by atoms with E-state index in [4.69, 9.17) is 0 Å². The van der Waals surface area contributed by atoms with Crippen molar-refractivity contribution in [3.8, 4) is 0 Å². The van der Waals surface area contributed by atoms with Crippen molar-refractivity contribution in [2.24, 2.45) is 0 Å². The molecule has 0 radical (unpaired) electrons. The predicted molar refractivity (Wildman–Crippen MR) is 64.2 cm³/mol. The standard InChI is InChI=1S/C10H21N3O2S/c1-11-2-4-12(5-3-11)10-13-6-8-16(14,15)9-7-13/h2-10H2,1H3. The normalized spacial score (nSPS) is 29.3. The molecule has 0 aromatic rings. The van der Waals surface area contributed by atoms with Crippen molar-refractivity contribution in [2.45, 2.75) is 0 Å². The van der Waals surface area contributed by atoms with Gasteiger partial charge in [-0.25, -0.2) is 8.42 Å². The highest BCUT2D eigenvalue weighted by molar-refractivity contribution is 7.91. The molecule has 0 saturated carbocycles. The molecule has 0 aliphatic carbocycles. The molecular weight excluding hydrogens is 226 g/mol. The highest BCUT2D eigenvalue weighted by Crippen LogP contribution is 2.06. The molecule has 6 heteroatoms. The summed E-state index contributed by atoms with van der Waals surface area (Å²) in [4.78, 5) is 7.00. The molecule has 0 unspecified atom stereocenters. The Balaban J connectivity index is 1.75. The third-order valence-electron chi connectivity index (χ3n) is 3.43. The van der Waals surface area contributed by atoms with Crippen LogP contribution in [-0.2, 0) is 9.84 Å². The molecule has 5 nitrogen and oxygen atoms in total. The Kier molecular flexibility index (Phi) is 3.84. The second-order valence-corrected chi connectivity index (χ2v) is 7.14. The molecule has 2 fully saturated rings. The van der Waals surface area contributed by atoms with Gasteiger partial charge in [-0.2, -0.15) is 0 Å². The highest BCUT2D eigenvalue weighted by Gasteiger charge is 2.23. The Bertz CT molecular complexity index is 309. The fraction of sp³-hybridized carbons (Fsp3) is 1.00. The van der Waals surface area contributed by atoms with Crippen molar-refractivity contribution in [3.05, 3.63) is 0 Å². The average molecular weight is 247 g/mol. The fourth-order valence-corrected chi connectivity index (χ4v) is 3.44. The molecule has 0 bridgehead atoms. The third-order valence-corrected chi connectivity index (χ3v) is 5.04. The molecule has 0 amide bonds. The van der Waals surface area contributed by atoms with Gasteiger partial charge in [0.15, 0.2) is 9.84 Å². The van der Waals surface area contributed by atoms with Crippen LogP contribution in [0.1, 0.15) is 0 Å². The number of hydrogen-bond donors (Lipinski definition) is 0. The Morgan fingerprint density at radius 3 is 1.94 bits per heavy atom. The van der Waals surface area contributed by atoms with Crippen LogP contribution < -0.4 is 0 Å². The second kappa shape index (κ2) is 5.00. The topological polar surface area (TPSA) is 43.9 Å². The maximum Gasteiger partial charge on any atom is 0.152 e. The smallest absolute Gasteiger partial charge is 0.152 e. The molecule has 2 saturated heterocycles. The molecule has 2 rings (SSSR count). The number of sulfone groups is 1. The van der Waals surface area contributed by atoms with E-state index in [2.05, 4.69) is 21.7 Å². The first kappa shape index (κ1) is 12.3. The minimum Gasteiger partial charge on any atom is -0.304 e. The summed E-state index contributed by atoms with van der Waals surface area (Å²) in [6, 6.07) is 0. The molecular formula is C10H21N3O2S. The third kappa shape index (κ3) is 3.41. The van der Waals surface area contributed by atoms with E-state index in [0.717, 1.165) is 32.8 Å². The molecule has 16 heavy (non-hydrogen) atoms. The van der Waals surface area contributed by atoms with E-state index in [1.165, 1.54) is 0 Å². The van der Waals surface area contributed by atoms with Crippen LogP contribution in [0.2, 0.25) is 0 Å². The summed E-state index contributed by atoms with van der Waals surface area (Å²) in [5, 5.41) is 0. The lowest BCUT2D eigenvalue weighted by atomic mass is 10.3. The van der Waals surface area contributed by atoms with Gasteiger partial charge in [0.25, 0.3) is 0 Å². The summed E-state index contributed by atoms with van der Waals surface area (Å²) in [5.41, 5.74) is 0.